The number of nitrogen functional groups attached to an aromatic ring is 1. The third kappa shape index (κ3) is 2.17. The Morgan fingerprint density at radius 1 is 1.80 bits per heavy atom. The van der Waals surface area contributed by atoms with Gasteiger partial charge in [-0.1, -0.05) is 0 Å². The summed E-state index contributed by atoms with van der Waals surface area (Å²) in [6, 6.07) is 1.88. The van der Waals surface area contributed by atoms with Gasteiger partial charge in [-0.05, 0) is 6.92 Å². The van der Waals surface area contributed by atoms with Gasteiger partial charge >= 0.3 is 5.97 Å². The lowest BCUT2D eigenvalue weighted by Gasteiger charge is -1.97. The van der Waals surface area contributed by atoms with Crippen LogP contribution in [0.25, 0.3) is 0 Å². The minimum Gasteiger partial charge on any atom is -0.480 e. The molecule has 7 nitrogen and oxygen atoms in total. The summed E-state index contributed by atoms with van der Waals surface area (Å²) in [6.45, 7) is 2.07. The second kappa shape index (κ2) is 4.32. The molecule has 0 aliphatic heterocycles. The molecule has 0 bridgehead atoms. The maximum absolute atomic E-state index is 10.5. The van der Waals surface area contributed by atoms with Gasteiger partial charge in [0.05, 0.1) is 0 Å². The van der Waals surface area contributed by atoms with Crippen LogP contribution < -0.4 is 11.1 Å². The highest BCUT2D eigenvalue weighted by molar-refractivity contribution is 5.69. The molecule has 15 heavy (non-hydrogen) atoms. The van der Waals surface area contributed by atoms with Gasteiger partial charge in [0.15, 0.2) is 5.82 Å². The average Bonchev–Trinajstić information content (AvgIpc) is 2.43. The Morgan fingerprint density at radius 3 is 2.93 bits per heavy atom. The van der Waals surface area contributed by atoms with Crippen LogP contribution in [0.4, 0.5) is 11.6 Å². The Kier molecular flexibility index (Phi) is 3.13. The van der Waals surface area contributed by atoms with Crippen molar-refractivity contribution in [3.8, 4) is 6.07 Å². The third-order valence-electron chi connectivity index (χ3n) is 1.73. The summed E-state index contributed by atoms with van der Waals surface area (Å²) < 4.78 is 1.08. The maximum atomic E-state index is 10.5. The van der Waals surface area contributed by atoms with Crippen LogP contribution in [-0.2, 0) is 11.3 Å². The number of rotatable bonds is 4. The number of nitrogens with zero attached hydrogens (tertiary/aromatic N) is 3. The Morgan fingerprint density at radius 2 is 2.47 bits per heavy atom. The highest BCUT2D eigenvalue weighted by Crippen LogP contribution is 2.19. The number of anilines is 2. The van der Waals surface area contributed by atoms with Crippen molar-refractivity contribution in [2.24, 2.45) is 0 Å². The molecule has 1 rings (SSSR count). The fourth-order valence-electron chi connectivity index (χ4n) is 1.13. The molecular formula is C8H11N5O2. The largest absolute Gasteiger partial charge is 0.480 e. The average molecular weight is 209 g/mol. The molecule has 0 aliphatic rings. The van der Waals surface area contributed by atoms with Gasteiger partial charge in [-0.2, -0.15) is 10.4 Å². The molecule has 0 aliphatic carbocycles. The smallest absolute Gasteiger partial charge is 0.325 e. The van der Waals surface area contributed by atoms with Crippen molar-refractivity contribution in [3.05, 3.63) is 5.56 Å². The Bertz CT molecular complexity index is 417. The molecule has 1 aromatic rings. The summed E-state index contributed by atoms with van der Waals surface area (Å²) >= 11 is 0. The molecule has 0 aromatic carbocycles. The quantitative estimate of drug-likeness (QED) is 0.635. The molecule has 4 N–H and O–H groups in total. The van der Waals surface area contributed by atoms with Crippen LogP contribution in [0.2, 0.25) is 0 Å². The van der Waals surface area contributed by atoms with Crippen LogP contribution in [0.5, 0.6) is 0 Å². The molecule has 80 valence electrons. The fraction of sp³-hybridized carbons (Fsp3) is 0.375. The normalized spacial score (nSPS) is 9.60. The zero-order chi connectivity index (χ0) is 11.4. The first-order chi connectivity index (χ1) is 7.10. The lowest BCUT2D eigenvalue weighted by atomic mass is 10.3. The van der Waals surface area contributed by atoms with Gasteiger partial charge in [-0.15, -0.1) is 0 Å². The summed E-state index contributed by atoms with van der Waals surface area (Å²) in [7, 11) is 0. The third-order valence-corrected chi connectivity index (χ3v) is 1.73. The molecule has 0 saturated heterocycles. The van der Waals surface area contributed by atoms with Crippen molar-refractivity contribution in [2.45, 2.75) is 13.5 Å². The predicted molar refractivity (Wildman–Crippen MR) is 53.2 cm³/mol. The van der Waals surface area contributed by atoms with E-state index in [-0.39, 0.29) is 17.9 Å². The number of aromatic nitrogens is 2. The molecule has 0 unspecified atom stereocenters. The molecule has 0 atom stereocenters. The molecule has 1 aromatic heterocycles. The highest BCUT2D eigenvalue weighted by atomic mass is 16.4. The van der Waals surface area contributed by atoms with Crippen molar-refractivity contribution < 1.29 is 9.90 Å². The summed E-state index contributed by atoms with van der Waals surface area (Å²) in [5, 5.41) is 24.1. The standard InChI is InChI=1S/C8H11N5O2/c1-2-11-8-5(3-9)7(10)13(12-8)4-6(14)15/h2,4,10H2,1H3,(H,11,12)(H,14,15). The number of nitrogens with two attached hydrogens (primary N) is 1. The van der Waals surface area contributed by atoms with E-state index in [1.807, 2.05) is 13.0 Å². The summed E-state index contributed by atoms with van der Waals surface area (Å²) in [4.78, 5) is 10.5. The number of aliphatic carboxylic acids is 1. The van der Waals surface area contributed by atoms with Gasteiger partial charge in [0.2, 0.25) is 0 Å². The molecule has 0 fully saturated rings. The second-order valence-corrected chi connectivity index (χ2v) is 2.80. The van der Waals surface area contributed by atoms with E-state index in [9.17, 15) is 4.79 Å². The van der Waals surface area contributed by atoms with Gasteiger partial charge in [-0.3, -0.25) is 4.79 Å². The van der Waals surface area contributed by atoms with E-state index in [1.165, 1.54) is 0 Å². The van der Waals surface area contributed by atoms with Crippen molar-refractivity contribution in [3.63, 3.8) is 0 Å². The van der Waals surface area contributed by atoms with Gasteiger partial charge in [-0.25, -0.2) is 4.68 Å². The number of carboxylic acids is 1. The first kappa shape index (κ1) is 10.8. The van der Waals surface area contributed by atoms with Gasteiger partial charge in [0, 0.05) is 6.54 Å². The zero-order valence-electron chi connectivity index (χ0n) is 8.19. The number of carboxylic acid groups (broad SMARTS) is 1. The van der Waals surface area contributed by atoms with Crippen molar-refractivity contribution in [2.75, 3.05) is 17.6 Å². The maximum Gasteiger partial charge on any atom is 0.325 e. The Labute approximate surface area is 86.1 Å². The number of nitrogens with one attached hydrogen (secondary N) is 1. The predicted octanol–water partition coefficient (Wildman–Crippen LogP) is -0.147. The number of hydrogen-bond donors (Lipinski definition) is 3. The summed E-state index contributed by atoms with van der Waals surface area (Å²) in [6.07, 6.45) is 0. The van der Waals surface area contributed by atoms with Gasteiger partial charge in [0.1, 0.15) is 24.0 Å². The van der Waals surface area contributed by atoms with Crippen LogP contribution in [0.15, 0.2) is 0 Å². The van der Waals surface area contributed by atoms with E-state index in [1.54, 1.807) is 0 Å². The summed E-state index contributed by atoms with van der Waals surface area (Å²) in [5.41, 5.74) is 5.75. The fourth-order valence-corrected chi connectivity index (χ4v) is 1.13. The summed E-state index contributed by atoms with van der Waals surface area (Å²) in [5.74, 6) is -0.675. The monoisotopic (exact) mass is 209 g/mol. The molecule has 0 spiro atoms. The number of nitriles is 1. The van der Waals surface area contributed by atoms with E-state index in [0.29, 0.717) is 12.4 Å². The van der Waals surface area contributed by atoms with E-state index in [0.717, 1.165) is 4.68 Å². The first-order valence-corrected chi connectivity index (χ1v) is 4.32. The minimum absolute atomic E-state index is 0.0656. The molecule has 1 heterocycles. The van der Waals surface area contributed by atoms with Crippen LogP contribution in [0, 0.1) is 11.3 Å². The molecular weight excluding hydrogens is 198 g/mol. The second-order valence-electron chi connectivity index (χ2n) is 2.80. The van der Waals surface area contributed by atoms with E-state index in [4.69, 9.17) is 16.1 Å². The topological polar surface area (TPSA) is 117 Å². The molecule has 0 amide bonds. The van der Waals surface area contributed by atoms with Crippen LogP contribution in [0.1, 0.15) is 12.5 Å². The molecule has 7 heteroatoms. The van der Waals surface area contributed by atoms with Gasteiger partial charge < -0.3 is 16.2 Å². The van der Waals surface area contributed by atoms with Crippen LogP contribution in [0.3, 0.4) is 0 Å². The van der Waals surface area contributed by atoms with E-state index >= 15 is 0 Å². The Balaban J connectivity index is 3.10. The number of hydrogen-bond acceptors (Lipinski definition) is 5. The van der Waals surface area contributed by atoms with Crippen molar-refractivity contribution in [1.29, 1.82) is 5.26 Å². The molecule has 0 radical (unpaired) electrons. The van der Waals surface area contributed by atoms with Crippen LogP contribution >= 0.6 is 0 Å². The number of carbonyl (C=O) groups is 1. The zero-order valence-corrected chi connectivity index (χ0v) is 8.19. The highest BCUT2D eigenvalue weighted by Gasteiger charge is 2.15. The lowest BCUT2D eigenvalue weighted by Crippen LogP contribution is -2.12. The van der Waals surface area contributed by atoms with Crippen molar-refractivity contribution in [1.82, 2.24) is 9.78 Å². The lowest BCUT2D eigenvalue weighted by molar-refractivity contribution is -0.137. The van der Waals surface area contributed by atoms with Gasteiger partial charge in [0.25, 0.3) is 0 Å². The van der Waals surface area contributed by atoms with E-state index in [2.05, 4.69) is 10.4 Å². The molecule has 0 saturated carbocycles. The SMILES string of the molecule is CCNc1nn(CC(=O)O)c(N)c1C#N. The van der Waals surface area contributed by atoms with E-state index < -0.39 is 5.97 Å². The van der Waals surface area contributed by atoms with Crippen molar-refractivity contribution >= 4 is 17.6 Å². The first-order valence-electron chi connectivity index (χ1n) is 4.32. The minimum atomic E-state index is -1.06. The van der Waals surface area contributed by atoms with Crippen LogP contribution in [-0.4, -0.2) is 27.4 Å². The Hall–Kier alpha value is -2.23.